The number of benzene rings is 1. The number of primary amides is 1. The number of anilines is 1. The monoisotopic (exact) mass is 554 g/mol. The van der Waals surface area contributed by atoms with Crippen molar-refractivity contribution in [3.8, 4) is 5.75 Å². The van der Waals surface area contributed by atoms with Crippen LogP contribution in [0.5, 0.6) is 5.75 Å². The van der Waals surface area contributed by atoms with Crippen LogP contribution < -0.4 is 10.6 Å². The lowest BCUT2D eigenvalue weighted by atomic mass is 9.59. The second-order valence-electron chi connectivity index (χ2n) is 12.9. The SMILES string of the molecule is CN(C)c1cc(C(=O)N2CC(C)(C)C2)c(O)c2c1C[C@H]1C[C@H]3[C@H](N(C)C)C(=O)C(C(N)=O)=C(O)[C@@]3(O)C(O)=C1C2. The molecule has 1 saturated heterocycles. The van der Waals surface area contributed by atoms with Crippen LogP contribution in [0, 0.1) is 17.3 Å². The third-order valence-corrected chi connectivity index (χ3v) is 9.08. The average molecular weight is 555 g/mol. The largest absolute Gasteiger partial charge is 0.509 e. The fraction of sp³-hybridized carbons (Fsp3) is 0.552. The number of nitrogens with zero attached hydrogens (tertiary/aromatic N) is 3. The molecule has 1 aromatic rings. The number of likely N-dealkylation sites (tertiary alicyclic amines) is 1. The Morgan fingerprint density at radius 2 is 1.68 bits per heavy atom. The van der Waals surface area contributed by atoms with Crippen molar-refractivity contribution in [1.82, 2.24) is 9.80 Å². The number of rotatable bonds is 4. The molecule has 0 unspecified atom stereocenters. The van der Waals surface area contributed by atoms with E-state index >= 15 is 0 Å². The quantitative estimate of drug-likeness (QED) is 0.341. The Morgan fingerprint density at radius 1 is 1.05 bits per heavy atom. The van der Waals surface area contributed by atoms with E-state index in [0.29, 0.717) is 30.6 Å². The van der Waals surface area contributed by atoms with Gasteiger partial charge in [0.15, 0.2) is 11.4 Å². The van der Waals surface area contributed by atoms with Crippen LogP contribution in [0.3, 0.4) is 0 Å². The summed E-state index contributed by atoms with van der Waals surface area (Å²) in [6.45, 7) is 5.28. The van der Waals surface area contributed by atoms with Crippen molar-refractivity contribution in [2.24, 2.45) is 23.0 Å². The van der Waals surface area contributed by atoms with Gasteiger partial charge in [-0.05, 0) is 55.5 Å². The van der Waals surface area contributed by atoms with E-state index in [1.807, 2.05) is 19.0 Å². The molecule has 5 rings (SSSR count). The first kappa shape index (κ1) is 28.0. The second-order valence-corrected chi connectivity index (χ2v) is 12.9. The minimum atomic E-state index is -2.41. The molecule has 0 aromatic heterocycles. The Balaban J connectivity index is 1.66. The molecule has 1 aliphatic heterocycles. The van der Waals surface area contributed by atoms with Crippen LogP contribution in [0.1, 0.15) is 41.8 Å². The number of hydrogen-bond donors (Lipinski definition) is 5. The maximum absolute atomic E-state index is 13.4. The number of aromatic hydroxyl groups is 1. The molecule has 11 heteroatoms. The second kappa shape index (κ2) is 8.97. The Morgan fingerprint density at radius 3 is 2.20 bits per heavy atom. The van der Waals surface area contributed by atoms with Gasteiger partial charge in [-0.15, -0.1) is 0 Å². The van der Waals surface area contributed by atoms with Crippen molar-refractivity contribution in [3.63, 3.8) is 0 Å². The maximum Gasteiger partial charge on any atom is 0.257 e. The van der Waals surface area contributed by atoms with Gasteiger partial charge in [-0.1, -0.05) is 13.8 Å². The molecule has 40 heavy (non-hydrogen) atoms. The predicted octanol–water partition coefficient (Wildman–Crippen LogP) is 1.03. The van der Waals surface area contributed by atoms with Crippen LogP contribution in [0.15, 0.2) is 28.7 Å². The lowest BCUT2D eigenvalue weighted by Crippen LogP contribution is -2.62. The molecule has 1 heterocycles. The molecular weight excluding hydrogens is 516 g/mol. The Hall–Kier alpha value is -3.57. The van der Waals surface area contributed by atoms with Crippen molar-refractivity contribution >= 4 is 23.3 Å². The highest BCUT2D eigenvalue weighted by Crippen LogP contribution is 2.54. The third-order valence-electron chi connectivity index (χ3n) is 9.08. The van der Waals surface area contributed by atoms with Crippen LogP contribution in [-0.2, 0) is 22.4 Å². The predicted molar refractivity (Wildman–Crippen MR) is 147 cm³/mol. The van der Waals surface area contributed by atoms with Gasteiger partial charge in [-0.2, -0.15) is 0 Å². The minimum absolute atomic E-state index is 0.00680. The van der Waals surface area contributed by atoms with Gasteiger partial charge >= 0.3 is 0 Å². The number of hydrogen-bond acceptors (Lipinski definition) is 9. The van der Waals surface area contributed by atoms with E-state index in [1.54, 1.807) is 30.0 Å². The summed E-state index contributed by atoms with van der Waals surface area (Å²) in [6, 6.07) is 0.687. The number of likely N-dealkylation sites (N-methyl/N-ethyl adjacent to an activating group) is 1. The minimum Gasteiger partial charge on any atom is -0.509 e. The summed E-state index contributed by atoms with van der Waals surface area (Å²) in [6.07, 6.45) is 0.603. The van der Waals surface area contributed by atoms with Crippen LogP contribution in [0.4, 0.5) is 5.69 Å². The number of Topliss-reactive ketones (excluding diaryl/α,β-unsaturated/α-hetero) is 1. The molecular formula is C29H38N4O7. The highest BCUT2D eigenvalue weighted by Gasteiger charge is 2.61. The molecule has 0 saturated carbocycles. The first-order chi connectivity index (χ1) is 18.5. The number of allylic oxidation sites excluding steroid dienone is 1. The number of aliphatic hydroxyl groups excluding tert-OH is 2. The zero-order valence-corrected chi connectivity index (χ0v) is 23.8. The van der Waals surface area contributed by atoms with E-state index in [2.05, 4.69) is 13.8 Å². The summed E-state index contributed by atoms with van der Waals surface area (Å²) in [7, 11) is 6.95. The molecule has 0 bridgehead atoms. The van der Waals surface area contributed by atoms with Crippen LogP contribution in [0.25, 0.3) is 0 Å². The fourth-order valence-corrected chi connectivity index (χ4v) is 7.25. The summed E-state index contributed by atoms with van der Waals surface area (Å²) < 4.78 is 0. The Kier molecular flexibility index (Phi) is 6.27. The number of carbonyl (C=O) groups excluding carboxylic acids is 3. The van der Waals surface area contributed by atoms with Gasteiger partial charge in [0.1, 0.15) is 22.8 Å². The van der Waals surface area contributed by atoms with Gasteiger partial charge in [0.2, 0.25) is 0 Å². The maximum atomic E-state index is 13.4. The Labute approximate surface area is 233 Å². The van der Waals surface area contributed by atoms with Gasteiger partial charge < -0.3 is 36.0 Å². The summed E-state index contributed by atoms with van der Waals surface area (Å²) >= 11 is 0. The van der Waals surface area contributed by atoms with Gasteiger partial charge in [-0.3, -0.25) is 19.3 Å². The van der Waals surface area contributed by atoms with E-state index in [4.69, 9.17) is 5.73 Å². The molecule has 4 atom stereocenters. The summed E-state index contributed by atoms with van der Waals surface area (Å²) in [5.41, 5.74) is 4.87. The van der Waals surface area contributed by atoms with Gasteiger partial charge in [0.05, 0.1) is 11.6 Å². The van der Waals surface area contributed by atoms with Crippen LogP contribution >= 0.6 is 0 Å². The zero-order valence-electron chi connectivity index (χ0n) is 23.8. The van der Waals surface area contributed by atoms with Gasteiger partial charge in [-0.25, -0.2) is 0 Å². The number of phenols is 1. The van der Waals surface area contributed by atoms with Crippen LogP contribution in [-0.4, -0.2) is 101 Å². The summed E-state index contributed by atoms with van der Waals surface area (Å²) in [5, 5.41) is 45.9. The number of fused-ring (bicyclic) bond motifs is 3. The van der Waals surface area contributed by atoms with E-state index in [0.717, 1.165) is 11.3 Å². The van der Waals surface area contributed by atoms with E-state index in [9.17, 15) is 34.8 Å². The fourth-order valence-electron chi connectivity index (χ4n) is 7.25. The first-order valence-electron chi connectivity index (χ1n) is 13.4. The van der Waals surface area contributed by atoms with Crippen molar-refractivity contribution in [2.75, 3.05) is 46.2 Å². The van der Waals surface area contributed by atoms with Gasteiger partial charge in [0.25, 0.3) is 11.8 Å². The molecule has 0 radical (unpaired) electrons. The topological polar surface area (TPSA) is 168 Å². The molecule has 1 fully saturated rings. The highest BCUT2D eigenvalue weighted by molar-refractivity contribution is 6.22. The van der Waals surface area contributed by atoms with Crippen LogP contribution in [0.2, 0.25) is 0 Å². The smallest absolute Gasteiger partial charge is 0.257 e. The lowest BCUT2D eigenvalue weighted by molar-refractivity contribution is -0.136. The number of amides is 2. The van der Waals surface area contributed by atoms with Crippen molar-refractivity contribution in [3.05, 3.63) is 45.4 Å². The lowest BCUT2D eigenvalue weighted by Gasteiger charge is -2.51. The molecule has 0 spiro atoms. The number of nitrogens with two attached hydrogens (primary N) is 1. The molecule has 11 nitrogen and oxygen atoms in total. The van der Waals surface area contributed by atoms with E-state index in [-0.39, 0.29) is 41.4 Å². The molecule has 2 amide bonds. The van der Waals surface area contributed by atoms with E-state index < -0.39 is 46.3 Å². The standard InChI is InChI=1S/C29H38N4O7/c1-28(2)11-33(12-28)27(39)17-10-19(31(3)4)15-7-13-8-18-21(32(5)6)23(35)20(26(30)38)25(37)29(18,40)24(36)14(13)9-16(15)22(17)34/h10,13,18,21,34,36-37,40H,7-9,11-12H2,1-6H3,(H2,30,38)/t13-,18-,21-,29-/m0/s1. The highest BCUT2D eigenvalue weighted by atomic mass is 16.4. The molecule has 4 aliphatic rings. The summed E-state index contributed by atoms with van der Waals surface area (Å²) in [5.74, 6) is -5.15. The zero-order chi connectivity index (χ0) is 29.6. The van der Waals surface area contributed by atoms with Crippen molar-refractivity contribution in [1.29, 1.82) is 0 Å². The van der Waals surface area contributed by atoms with Crippen molar-refractivity contribution in [2.45, 2.75) is 44.8 Å². The number of ketones is 1. The average Bonchev–Trinajstić information content (AvgIpc) is 2.83. The normalized spacial score (nSPS) is 29.1. The third kappa shape index (κ3) is 3.81. The molecule has 3 aliphatic carbocycles. The molecule has 6 N–H and O–H groups in total. The van der Waals surface area contributed by atoms with E-state index in [1.165, 1.54) is 0 Å². The number of carbonyl (C=O) groups is 3. The van der Waals surface area contributed by atoms with Gasteiger partial charge in [0, 0.05) is 50.8 Å². The number of aliphatic hydroxyl groups is 3. The summed E-state index contributed by atoms with van der Waals surface area (Å²) in [4.78, 5) is 43.9. The molecule has 216 valence electrons. The molecule has 1 aromatic carbocycles. The number of phenolic OH excluding ortho intramolecular Hbond substituents is 1. The first-order valence-corrected chi connectivity index (χ1v) is 13.4. The van der Waals surface area contributed by atoms with Crippen molar-refractivity contribution < 1.29 is 34.8 Å². The Bertz CT molecular complexity index is 1400.